The molecule has 0 aliphatic carbocycles. The fourth-order valence-corrected chi connectivity index (χ4v) is 5.41. The molecule has 0 radical (unpaired) electrons. The number of amides is 2. The fraction of sp³-hybridized carbons (Fsp3) is 0.364. The van der Waals surface area contributed by atoms with Gasteiger partial charge in [-0.3, -0.25) is 19.4 Å². The van der Waals surface area contributed by atoms with E-state index in [0.29, 0.717) is 24.9 Å². The molecule has 0 saturated carbocycles. The van der Waals surface area contributed by atoms with Crippen LogP contribution in [-0.4, -0.2) is 34.2 Å². The number of carbonyl (C=O) groups is 2. The molecular weight excluding hydrogens is 419 g/mol. The van der Waals surface area contributed by atoms with Gasteiger partial charge >= 0.3 is 0 Å². The van der Waals surface area contributed by atoms with Crippen LogP contribution in [0.3, 0.4) is 0 Å². The van der Waals surface area contributed by atoms with Crippen LogP contribution < -0.4 is 0 Å². The first-order chi connectivity index (χ1) is 14.8. The van der Waals surface area contributed by atoms with Crippen molar-refractivity contribution in [1.82, 2.24) is 9.80 Å². The summed E-state index contributed by atoms with van der Waals surface area (Å²) in [5.41, 5.74) is -0.334. The second kappa shape index (κ2) is 7.12. The summed E-state index contributed by atoms with van der Waals surface area (Å²) in [6.45, 7) is 0.295. The molecule has 2 aromatic rings. The summed E-state index contributed by atoms with van der Waals surface area (Å²) >= 11 is 0. The first kappa shape index (κ1) is 20.1. The van der Waals surface area contributed by atoms with Gasteiger partial charge in [0.2, 0.25) is 17.6 Å². The van der Waals surface area contributed by atoms with Crippen molar-refractivity contribution in [2.45, 2.75) is 31.5 Å². The lowest BCUT2D eigenvalue weighted by Crippen LogP contribution is -2.39. The highest BCUT2D eigenvalue weighted by atomic mass is 19.2. The number of benzene rings is 2. The standard InChI is InChI=1S/C22H17F5N2O2/c23-15-14(16(24)18(26)19(27)17(15)25)20-13-12(11-7-4-8-28(11)20)21(30)29(22(13)31)9-10-5-2-1-3-6-10/h1-3,5-6,11-13,20H,4,7-9H2/t11-,12+,13+,20+/m1/s1. The van der Waals surface area contributed by atoms with E-state index in [1.54, 1.807) is 35.2 Å². The van der Waals surface area contributed by atoms with E-state index < -0.39 is 70.4 Å². The van der Waals surface area contributed by atoms with Gasteiger partial charge in [0.15, 0.2) is 23.3 Å². The number of rotatable bonds is 3. The molecule has 0 aromatic heterocycles. The maximum atomic E-state index is 14.7. The lowest BCUT2D eigenvalue weighted by molar-refractivity contribution is -0.142. The van der Waals surface area contributed by atoms with E-state index in [1.807, 2.05) is 0 Å². The van der Waals surface area contributed by atoms with Crippen LogP contribution >= 0.6 is 0 Å². The Balaban J connectivity index is 1.61. The molecule has 0 N–H and O–H groups in total. The Hall–Kier alpha value is -2.81. The molecule has 3 saturated heterocycles. The van der Waals surface area contributed by atoms with Crippen LogP contribution in [0.4, 0.5) is 22.0 Å². The quantitative estimate of drug-likeness (QED) is 0.319. The minimum Gasteiger partial charge on any atom is -0.292 e. The smallest absolute Gasteiger partial charge is 0.235 e. The Bertz CT molecular complexity index is 1060. The summed E-state index contributed by atoms with van der Waals surface area (Å²) < 4.78 is 70.8. The maximum Gasteiger partial charge on any atom is 0.235 e. The topological polar surface area (TPSA) is 40.6 Å². The van der Waals surface area contributed by atoms with Crippen LogP contribution in [0.2, 0.25) is 0 Å². The van der Waals surface area contributed by atoms with Gasteiger partial charge in [-0.25, -0.2) is 22.0 Å². The third kappa shape index (κ3) is 2.75. The Kier molecular flexibility index (Phi) is 4.62. The SMILES string of the molecule is O=C1[C@@H]2[C@H](C(=O)N1Cc1ccccc1)[C@@H](c1c(F)c(F)c(F)c(F)c1F)N1CCC[C@H]21. The summed E-state index contributed by atoms with van der Waals surface area (Å²) in [5.74, 6) is -13.4. The van der Waals surface area contributed by atoms with Crippen LogP contribution in [0.25, 0.3) is 0 Å². The molecule has 31 heavy (non-hydrogen) atoms. The molecule has 2 amide bonds. The van der Waals surface area contributed by atoms with Gasteiger partial charge in [0.25, 0.3) is 0 Å². The number of nitrogens with zero attached hydrogens (tertiary/aromatic N) is 2. The molecule has 162 valence electrons. The van der Waals surface area contributed by atoms with Crippen LogP contribution in [0, 0.1) is 40.9 Å². The highest BCUT2D eigenvalue weighted by Gasteiger charge is 2.64. The van der Waals surface area contributed by atoms with Gasteiger partial charge in [-0.05, 0) is 24.9 Å². The zero-order valence-corrected chi connectivity index (χ0v) is 16.1. The number of carbonyl (C=O) groups excluding carboxylic acids is 2. The first-order valence-corrected chi connectivity index (χ1v) is 9.99. The van der Waals surface area contributed by atoms with Crippen molar-refractivity contribution in [3.05, 3.63) is 70.5 Å². The van der Waals surface area contributed by atoms with Crippen LogP contribution in [-0.2, 0) is 16.1 Å². The molecule has 3 fully saturated rings. The number of hydrogen-bond donors (Lipinski definition) is 0. The predicted octanol–water partition coefficient (Wildman–Crippen LogP) is 3.70. The fourth-order valence-electron chi connectivity index (χ4n) is 5.41. The Morgan fingerprint density at radius 3 is 2.03 bits per heavy atom. The van der Waals surface area contributed by atoms with E-state index in [1.165, 1.54) is 0 Å². The van der Waals surface area contributed by atoms with Crippen LogP contribution in [0.1, 0.15) is 30.0 Å². The van der Waals surface area contributed by atoms with Crippen molar-refractivity contribution in [2.24, 2.45) is 11.8 Å². The van der Waals surface area contributed by atoms with E-state index in [2.05, 4.69) is 0 Å². The zero-order valence-electron chi connectivity index (χ0n) is 16.1. The highest BCUT2D eigenvalue weighted by molar-refractivity contribution is 6.06. The van der Waals surface area contributed by atoms with Crippen molar-refractivity contribution >= 4 is 11.8 Å². The third-order valence-corrected chi connectivity index (χ3v) is 6.67. The predicted molar refractivity (Wildman–Crippen MR) is 97.7 cm³/mol. The van der Waals surface area contributed by atoms with E-state index in [0.717, 1.165) is 4.90 Å². The van der Waals surface area contributed by atoms with Gasteiger partial charge in [-0.15, -0.1) is 0 Å². The van der Waals surface area contributed by atoms with E-state index in [9.17, 15) is 31.5 Å². The van der Waals surface area contributed by atoms with Crippen LogP contribution in [0.5, 0.6) is 0 Å². The second-order valence-corrected chi connectivity index (χ2v) is 8.18. The molecule has 3 aliphatic heterocycles. The molecule has 5 rings (SSSR count). The van der Waals surface area contributed by atoms with Gasteiger partial charge in [-0.1, -0.05) is 30.3 Å². The molecular formula is C22H17F5N2O2. The molecule has 2 aromatic carbocycles. The molecule has 4 nitrogen and oxygen atoms in total. The molecule has 0 bridgehead atoms. The maximum absolute atomic E-state index is 14.7. The van der Waals surface area contributed by atoms with Crippen molar-refractivity contribution in [3.8, 4) is 0 Å². The van der Waals surface area contributed by atoms with Gasteiger partial charge in [0.1, 0.15) is 0 Å². The van der Waals surface area contributed by atoms with Gasteiger partial charge < -0.3 is 0 Å². The Labute approximate surface area is 174 Å². The number of halogens is 5. The lowest BCUT2D eigenvalue weighted by atomic mass is 9.84. The Morgan fingerprint density at radius 2 is 1.39 bits per heavy atom. The Morgan fingerprint density at radius 1 is 0.806 bits per heavy atom. The van der Waals surface area contributed by atoms with Crippen molar-refractivity contribution in [2.75, 3.05) is 6.54 Å². The van der Waals surface area contributed by atoms with Crippen molar-refractivity contribution in [3.63, 3.8) is 0 Å². The number of fused-ring (bicyclic) bond motifs is 3. The zero-order chi connectivity index (χ0) is 22.0. The summed E-state index contributed by atoms with van der Waals surface area (Å²) in [6, 6.07) is 6.87. The summed E-state index contributed by atoms with van der Waals surface area (Å²) in [6.07, 6.45) is 1.10. The highest BCUT2D eigenvalue weighted by Crippen LogP contribution is 2.54. The largest absolute Gasteiger partial charge is 0.292 e. The van der Waals surface area contributed by atoms with Crippen molar-refractivity contribution < 1.29 is 31.5 Å². The second-order valence-electron chi connectivity index (χ2n) is 8.18. The van der Waals surface area contributed by atoms with Crippen molar-refractivity contribution in [1.29, 1.82) is 0 Å². The van der Waals surface area contributed by atoms with E-state index >= 15 is 0 Å². The van der Waals surface area contributed by atoms with E-state index in [4.69, 9.17) is 0 Å². The third-order valence-electron chi connectivity index (χ3n) is 6.67. The number of likely N-dealkylation sites (tertiary alicyclic amines) is 1. The van der Waals surface area contributed by atoms with Gasteiger partial charge in [-0.2, -0.15) is 0 Å². The molecule has 3 aliphatic rings. The molecule has 4 atom stereocenters. The van der Waals surface area contributed by atoms with E-state index in [-0.39, 0.29) is 6.54 Å². The normalized spacial score (nSPS) is 27.8. The average Bonchev–Trinajstić information content (AvgIpc) is 3.41. The average molecular weight is 436 g/mol. The monoisotopic (exact) mass is 436 g/mol. The lowest BCUT2D eigenvalue weighted by Gasteiger charge is -2.29. The van der Waals surface area contributed by atoms with Crippen LogP contribution in [0.15, 0.2) is 30.3 Å². The van der Waals surface area contributed by atoms with Gasteiger partial charge in [0, 0.05) is 11.6 Å². The summed E-state index contributed by atoms with van der Waals surface area (Å²) in [7, 11) is 0. The number of hydrogen-bond acceptors (Lipinski definition) is 3. The minimum absolute atomic E-state index is 0.0119. The molecule has 3 heterocycles. The number of imide groups is 1. The molecule has 0 spiro atoms. The van der Waals surface area contributed by atoms with Gasteiger partial charge in [0.05, 0.1) is 24.4 Å². The first-order valence-electron chi connectivity index (χ1n) is 9.99. The molecule has 9 heteroatoms. The summed E-state index contributed by atoms with van der Waals surface area (Å²) in [5, 5.41) is 0. The minimum atomic E-state index is -2.24. The molecule has 0 unspecified atom stereocenters. The summed E-state index contributed by atoms with van der Waals surface area (Å²) in [4.78, 5) is 29.0.